The van der Waals surface area contributed by atoms with Gasteiger partial charge in [-0.25, -0.2) is 4.79 Å². The number of carbonyl (C=O) groups is 1. The maximum atomic E-state index is 11.0. The minimum atomic E-state index is -1.07. The van der Waals surface area contributed by atoms with Crippen LogP contribution < -0.4 is 4.90 Å². The lowest BCUT2D eigenvalue weighted by atomic mass is 10.0. The quantitative estimate of drug-likeness (QED) is 0.937. The van der Waals surface area contributed by atoms with E-state index in [0.717, 1.165) is 29.9 Å². The number of carboxylic acids is 1. The smallest absolute Gasteiger partial charge is 0.358 e. The van der Waals surface area contributed by atoms with Crippen LogP contribution in [0.25, 0.3) is 11.3 Å². The number of anilines is 1. The van der Waals surface area contributed by atoms with E-state index in [9.17, 15) is 4.79 Å². The van der Waals surface area contributed by atoms with Gasteiger partial charge in [-0.2, -0.15) is 0 Å². The molecule has 21 heavy (non-hydrogen) atoms. The second-order valence-corrected chi connectivity index (χ2v) is 5.45. The van der Waals surface area contributed by atoms with Gasteiger partial charge in [0.15, 0.2) is 11.5 Å². The zero-order valence-electron chi connectivity index (χ0n) is 12.0. The molecule has 0 bridgehead atoms. The third kappa shape index (κ3) is 2.77. The minimum Gasteiger partial charge on any atom is -0.476 e. The molecule has 1 aliphatic rings. The van der Waals surface area contributed by atoms with Gasteiger partial charge in [0, 0.05) is 30.4 Å². The number of benzene rings is 1. The molecular formula is C16H18N2O3. The summed E-state index contributed by atoms with van der Waals surface area (Å²) >= 11 is 0. The number of hydrogen-bond donors (Lipinski definition) is 1. The molecular weight excluding hydrogens is 268 g/mol. The molecule has 0 radical (unpaired) electrons. The van der Waals surface area contributed by atoms with Crippen molar-refractivity contribution in [2.75, 3.05) is 18.0 Å². The Morgan fingerprint density at radius 2 is 2.00 bits per heavy atom. The molecule has 1 aliphatic heterocycles. The molecule has 0 unspecified atom stereocenters. The number of carboxylic acid groups (broad SMARTS) is 1. The van der Waals surface area contributed by atoms with Crippen molar-refractivity contribution in [1.82, 2.24) is 5.16 Å². The molecule has 0 amide bonds. The van der Waals surface area contributed by atoms with Gasteiger partial charge in [0.2, 0.25) is 0 Å². The van der Waals surface area contributed by atoms with E-state index in [1.165, 1.54) is 25.3 Å². The first-order valence-electron chi connectivity index (χ1n) is 7.21. The van der Waals surface area contributed by atoms with Crippen molar-refractivity contribution < 1.29 is 14.4 Å². The summed E-state index contributed by atoms with van der Waals surface area (Å²) in [6, 6.07) is 7.67. The van der Waals surface area contributed by atoms with E-state index in [1.807, 2.05) is 13.0 Å². The Balaban J connectivity index is 2.02. The molecule has 1 N–H and O–H groups in total. The summed E-state index contributed by atoms with van der Waals surface area (Å²) in [5, 5.41) is 12.6. The lowest BCUT2D eigenvalue weighted by Crippen LogP contribution is -2.29. The minimum absolute atomic E-state index is 0.0592. The largest absolute Gasteiger partial charge is 0.476 e. The Morgan fingerprint density at radius 1 is 1.24 bits per heavy atom. The van der Waals surface area contributed by atoms with Gasteiger partial charge in [-0.15, -0.1) is 0 Å². The van der Waals surface area contributed by atoms with Crippen LogP contribution in [0.5, 0.6) is 0 Å². The summed E-state index contributed by atoms with van der Waals surface area (Å²) in [5.74, 6) is -0.561. The fourth-order valence-corrected chi connectivity index (χ4v) is 2.76. The molecule has 1 aromatic carbocycles. The van der Waals surface area contributed by atoms with E-state index in [4.69, 9.17) is 9.63 Å². The van der Waals surface area contributed by atoms with Crippen molar-refractivity contribution in [2.24, 2.45) is 0 Å². The molecule has 5 heteroatoms. The SMILES string of the molecule is Cc1ccc(N2CCCCC2)c(-c2cc(C(=O)O)no2)c1. The fourth-order valence-electron chi connectivity index (χ4n) is 2.76. The van der Waals surface area contributed by atoms with E-state index in [0.29, 0.717) is 5.76 Å². The first kappa shape index (κ1) is 13.7. The summed E-state index contributed by atoms with van der Waals surface area (Å²) in [5.41, 5.74) is 3.06. The van der Waals surface area contributed by atoms with Crippen molar-refractivity contribution >= 4 is 11.7 Å². The molecule has 2 aromatic rings. The van der Waals surface area contributed by atoms with Crippen LogP contribution in [-0.2, 0) is 0 Å². The van der Waals surface area contributed by atoms with Crippen molar-refractivity contribution in [3.8, 4) is 11.3 Å². The molecule has 110 valence electrons. The zero-order valence-corrected chi connectivity index (χ0v) is 12.0. The van der Waals surface area contributed by atoms with Crippen LogP contribution in [0.15, 0.2) is 28.8 Å². The first-order chi connectivity index (χ1) is 10.1. The van der Waals surface area contributed by atoms with E-state index in [1.54, 1.807) is 0 Å². The van der Waals surface area contributed by atoms with Crippen molar-refractivity contribution in [2.45, 2.75) is 26.2 Å². The Hall–Kier alpha value is -2.30. The van der Waals surface area contributed by atoms with E-state index in [2.05, 4.69) is 22.2 Å². The lowest BCUT2D eigenvalue weighted by Gasteiger charge is -2.30. The third-order valence-corrected chi connectivity index (χ3v) is 3.84. The standard InChI is InChI=1S/C16H18N2O3/c1-11-5-6-14(18-7-3-2-4-8-18)12(9-11)15-10-13(16(19)20)17-21-15/h5-6,9-10H,2-4,7-8H2,1H3,(H,19,20). The second-order valence-electron chi connectivity index (χ2n) is 5.45. The van der Waals surface area contributed by atoms with Crippen molar-refractivity contribution in [3.63, 3.8) is 0 Å². The Labute approximate surface area is 123 Å². The average Bonchev–Trinajstić information content (AvgIpc) is 2.98. The molecule has 3 rings (SSSR count). The number of rotatable bonds is 3. The first-order valence-corrected chi connectivity index (χ1v) is 7.21. The summed E-state index contributed by atoms with van der Waals surface area (Å²) in [6.45, 7) is 4.06. The van der Waals surface area contributed by atoms with Gasteiger partial charge < -0.3 is 14.5 Å². The fraction of sp³-hybridized carbons (Fsp3) is 0.375. The molecule has 2 heterocycles. The number of piperidine rings is 1. The van der Waals surface area contributed by atoms with Gasteiger partial charge in [-0.05, 0) is 38.3 Å². The van der Waals surface area contributed by atoms with Crippen molar-refractivity contribution in [1.29, 1.82) is 0 Å². The molecule has 0 saturated carbocycles. The molecule has 1 saturated heterocycles. The predicted molar refractivity (Wildman–Crippen MR) is 79.7 cm³/mol. The molecule has 0 atom stereocenters. The number of aromatic nitrogens is 1. The topological polar surface area (TPSA) is 66.6 Å². The number of nitrogens with zero attached hydrogens (tertiary/aromatic N) is 2. The summed E-state index contributed by atoms with van der Waals surface area (Å²) in [7, 11) is 0. The van der Waals surface area contributed by atoms with Crippen LogP contribution in [0.2, 0.25) is 0 Å². The summed E-state index contributed by atoms with van der Waals surface area (Å²) in [6.07, 6.45) is 3.64. The second kappa shape index (κ2) is 5.60. The van der Waals surface area contributed by atoms with E-state index >= 15 is 0 Å². The van der Waals surface area contributed by atoms with Crippen LogP contribution in [0.1, 0.15) is 35.3 Å². The third-order valence-electron chi connectivity index (χ3n) is 3.84. The van der Waals surface area contributed by atoms with Gasteiger partial charge in [-0.1, -0.05) is 16.8 Å². The van der Waals surface area contributed by atoms with Gasteiger partial charge in [0.05, 0.1) is 0 Å². The average molecular weight is 286 g/mol. The molecule has 0 spiro atoms. The van der Waals surface area contributed by atoms with Gasteiger partial charge in [0.1, 0.15) is 0 Å². The molecule has 1 aromatic heterocycles. The molecule has 5 nitrogen and oxygen atoms in total. The van der Waals surface area contributed by atoms with Gasteiger partial charge in [0.25, 0.3) is 0 Å². The predicted octanol–water partition coefficient (Wildman–Crippen LogP) is 3.34. The normalized spacial score (nSPS) is 15.2. The monoisotopic (exact) mass is 286 g/mol. The molecule has 1 fully saturated rings. The summed E-state index contributed by atoms with van der Waals surface area (Å²) < 4.78 is 5.24. The number of hydrogen-bond acceptors (Lipinski definition) is 4. The Kier molecular flexibility index (Phi) is 3.64. The highest BCUT2D eigenvalue weighted by atomic mass is 16.5. The van der Waals surface area contributed by atoms with Crippen LogP contribution in [0.3, 0.4) is 0 Å². The van der Waals surface area contributed by atoms with Crippen LogP contribution in [0, 0.1) is 6.92 Å². The van der Waals surface area contributed by atoms with Crippen LogP contribution >= 0.6 is 0 Å². The highest BCUT2D eigenvalue weighted by Gasteiger charge is 2.19. The van der Waals surface area contributed by atoms with Crippen LogP contribution in [0.4, 0.5) is 5.69 Å². The molecule has 0 aliphatic carbocycles. The highest BCUT2D eigenvalue weighted by molar-refractivity contribution is 5.87. The lowest BCUT2D eigenvalue weighted by molar-refractivity contribution is 0.0686. The Bertz CT molecular complexity index is 657. The van der Waals surface area contributed by atoms with E-state index < -0.39 is 5.97 Å². The highest BCUT2D eigenvalue weighted by Crippen LogP contribution is 2.33. The van der Waals surface area contributed by atoms with E-state index in [-0.39, 0.29) is 5.69 Å². The maximum Gasteiger partial charge on any atom is 0.358 e. The van der Waals surface area contributed by atoms with Gasteiger partial charge in [-0.3, -0.25) is 0 Å². The zero-order chi connectivity index (χ0) is 14.8. The summed E-state index contributed by atoms with van der Waals surface area (Å²) in [4.78, 5) is 13.3. The number of aryl methyl sites for hydroxylation is 1. The van der Waals surface area contributed by atoms with Gasteiger partial charge >= 0.3 is 5.97 Å². The van der Waals surface area contributed by atoms with Crippen molar-refractivity contribution in [3.05, 3.63) is 35.5 Å². The maximum absolute atomic E-state index is 11.0. The van der Waals surface area contributed by atoms with Crippen LogP contribution in [-0.4, -0.2) is 29.3 Å². The number of aromatic carboxylic acids is 1. The Morgan fingerprint density at radius 3 is 2.67 bits per heavy atom.